The van der Waals surface area contributed by atoms with Crippen LogP contribution < -0.4 is 4.74 Å². The number of esters is 1. The smallest absolute Gasteiger partial charge is 0.378 e. The van der Waals surface area contributed by atoms with Crippen molar-refractivity contribution in [3.05, 3.63) is 39.6 Å². The largest absolute Gasteiger partial charge is 0.502 e. The maximum Gasteiger partial charge on any atom is 0.378 e. The number of ether oxygens (including phenoxy) is 1. The topological polar surface area (TPSA) is 46.5 Å². The lowest BCUT2D eigenvalue weighted by Gasteiger charge is -2.15. The van der Waals surface area contributed by atoms with E-state index in [-0.39, 0.29) is 0 Å². The van der Waals surface area contributed by atoms with E-state index in [1.165, 1.54) is 6.08 Å². The van der Waals surface area contributed by atoms with Crippen LogP contribution in [-0.2, 0) is 11.2 Å². The summed E-state index contributed by atoms with van der Waals surface area (Å²) in [6, 6.07) is 1.63. The lowest BCUT2D eigenvalue weighted by molar-refractivity contribution is -0.133. The molecule has 0 bridgehead atoms. The molecule has 1 aromatic rings. The van der Waals surface area contributed by atoms with Crippen LogP contribution in [0.5, 0.6) is 5.75 Å². The maximum atomic E-state index is 11.6. The third kappa shape index (κ3) is 3.51. The first-order chi connectivity index (χ1) is 8.92. The van der Waals surface area contributed by atoms with Crippen molar-refractivity contribution in [3.63, 3.8) is 0 Å². The van der Waals surface area contributed by atoms with Gasteiger partial charge < -0.3 is 9.84 Å². The van der Waals surface area contributed by atoms with Gasteiger partial charge >= 0.3 is 5.97 Å². The molecule has 0 atom stereocenters. The van der Waals surface area contributed by atoms with Gasteiger partial charge in [-0.15, -0.1) is 0 Å². The van der Waals surface area contributed by atoms with Gasteiger partial charge in [0.2, 0.25) is 0 Å². The van der Waals surface area contributed by atoms with Crippen molar-refractivity contribution in [1.29, 1.82) is 0 Å². The molecule has 0 saturated carbocycles. The molecule has 0 aliphatic heterocycles. The average Bonchev–Trinajstić information content (AvgIpc) is 2.39. The lowest BCUT2D eigenvalue weighted by Crippen LogP contribution is -2.13. The van der Waals surface area contributed by atoms with Crippen molar-refractivity contribution < 1.29 is 14.6 Å². The second kappa shape index (κ2) is 6.62. The predicted octanol–water partition coefficient (Wildman–Crippen LogP) is 4.28. The van der Waals surface area contributed by atoms with E-state index in [1.807, 2.05) is 13.8 Å². The molecule has 3 nitrogen and oxygen atoms in total. The van der Waals surface area contributed by atoms with E-state index in [1.54, 1.807) is 13.0 Å². The molecule has 19 heavy (non-hydrogen) atoms. The normalized spacial score (nSPS) is 11.5. The van der Waals surface area contributed by atoms with Gasteiger partial charge in [0, 0.05) is 11.1 Å². The predicted molar refractivity (Wildman–Crippen MR) is 76.9 cm³/mol. The van der Waals surface area contributed by atoms with Crippen LogP contribution in [0, 0.1) is 13.8 Å². The first-order valence-electron chi connectivity index (χ1n) is 6.28. The standard InChI is InChI=1S/C15H19ClO3/c1-5-7-11-9(3)10(4)12(16)8-14(11)19-15(18)13(17)6-2/h6,8,17H,5,7H2,1-4H3. The highest BCUT2D eigenvalue weighted by Gasteiger charge is 2.16. The van der Waals surface area contributed by atoms with Crippen molar-refractivity contribution in [3.8, 4) is 5.75 Å². The molecule has 0 heterocycles. The Morgan fingerprint density at radius 1 is 1.42 bits per heavy atom. The zero-order chi connectivity index (χ0) is 14.6. The van der Waals surface area contributed by atoms with Gasteiger partial charge in [-0.2, -0.15) is 0 Å². The number of allylic oxidation sites excluding steroid dienone is 1. The number of aliphatic hydroxyl groups is 1. The van der Waals surface area contributed by atoms with Crippen LogP contribution in [0.25, 0.3) is 0 Å². The minimum Gasteiger partial charge on any atom is -0.502 e. The molecule has 104 valence electrons. The zero-order valence-electron chi connectivity index (χ0n) is 11.7. The first-order valence-corrected chi connectivity index (χ1v) is 6.66. The van der Waals surface area contributed by atoms with Crippen molar-refractivity contribution in [1.82, 2.24) is 0 Å². The molecule has 0 aliphatic carbocycles. The number of carbonyl (C=O) groups excluding carboxylic acids is 1. The van der Waals surface area contributed by atoms with E-state index in [2.05, 4.69) is 6.92 Å². The van der Waals surface area contributed by atoms with Crippen LogP contribution >= 0.6 is 11.6 Å². The molecule has 1 aromatic carbocycles. The molecule has 1 N–H and O–H groups in total. The number of halogens is 1. The van der Waals surface area contributed by atoms with Crippen LogP contribution in [0.15, 0.2) is 17.9 Å². The van der Waals surface area contributed by atoms with Crippen LogP contribution in [-0.4, -0.2) is 11.1 Å². The summed E-state index contributed by atoms with van der Waals surface area (Å²) >= 11 is 6.12. The highest BCUT2D eigenvalue weighted by atomic mass is 35.5. The average molecular weight is 283 g/mol. The van der Waals surface area contributed by atoms with E-state index in [4.69, 9.17) is 16.3 Å². The fraction of sp³-hybridized carbons (Fsp3) is 0.400. The Hall–Kier alpha value is -1.48. The molecule has 0 fully saturated rings. The number of hydrogen-bond acceptors (Lipinski definition) is 3. The molecule has 4 heteroatoms. The van der Waals surface area contributed by atoms with Crippen LogP contribution in [0.4, 0.5) is 0 Å². The van der Waals surface area contributed by atoms with Crippen LogP contribution in [0.3, 0.4) is 0 Å². The first kappa shape index (κ1) is 15.6. The van der Waals surface area contributed by atoms with E-state index in [9.17, 15) is 9.90 Å². The van der Waals surface area contributed by atoms with Crippen molar-refractivity contribution in [2.24, 2.45) is 0 Å². The summed E-state index contributed by atoms with van der Waals surface area (Å²) in [7, 11) is 0. The van der Waals surface area contributed by atoms with E-state index in [0.29, 0.717) is 10.8 Å². The van der Waals surface area contributed by atoms with Gasteiger partial charge in [0.05, 0.1) is 0 Å². The fourth-order valence-corrected chi connectivity index (χ4v) is 2.06. The SMILES string of the molecule is CC=C(O)C(=O)Oc1cc(Cl)c(C)c(C)c1CCC. The van der Waals surface area contributed by atoms with E-state index < -0.39 is 11.7 Å². The van der Waals surface area contributed by atoms with E-state index in [0.717, 1.165) is 29.5 Å². The summed E-state index contributed by atoms with van der Waals surface area (Å²) in [5, 5.41) is 9.91. The monoisotopic (exact) mass is 282 g/mol. The Morgan fingerprint density at radius 2 is 2.05 bits per heavy atom. The van der Waals surface area contributed by atoms with Gasteiger partial charge in [-0.05, 0) is 50.0 Å². The van der Waals surface area contributed by atoms with E-state index >= 15 is 0 Å². The van der Waals surface area contributed by atoms with Crippen LogP contribution in [0.2, 0.25) is 5.02 Å². The minimum absolute atomic E-state index is 0.406. The third-order valence-corrected chi connectivity index (χ3v) is 3.51. The quantitative estimate of drug-likeness (QED) is 0.388. The Labute approximate surface area is 118 Å². The van der Waals surface area contributed by atoms with Crippen molar-refractivity contribution in [2.75, 3.05) is 0 Å². The molecule has 0 amide bonds. The molecule has 0 unspecified atom stereocenters. The van der Waals surface area contributed by atoms with Gasteiger partial charge in [-0.1, -0.05) is 24.9 Å². The highest BCUT2D eigenvalue weighted by molar-refractivity contribution is 6.31. The number of rotatable bonds is 4. The summed E-state index contributed by atoms with van der Waals surface area (Å²) in [5.74, 6) is -0.746. The molecular formula is C15H19ClO3. The zero-order valence-corrected chi connectivity index (χ0v) is 12.5. The lowest BCUT2D eigenvalue weighted by atomic mass is 9.98. The number of hydrogen-bond donors (Lipinski definition) is 1. The molecule has 1 rings (SSSR count). The third-order valence-electron chi connectivity index (χ3n) is 3.11. The summed E-state index contributed by atoms with van der Waals surface area (Å²) in [5.41, 5.74) is 2.97. The summed E-state index contributed by atoms with van der Waals surface area (Å²) in [6.07, 6.45) is 3.02. The summed E-state index contributed by atoms with van der Waals surface area (Å²) in [4.78, 5) is 11.6. The molecule has 0 spiro atoms. The van der Waals surface area contributed by atoms with Crippen LogP contribution in [0.1, 0.15) is 37.0 Å². The van der Waals surface area contributed by atoms with Gasteiger partial charge in [0.25, 0.3) is 0 Å². The minimum atomic E-state index is -0.765. The second-order valence-electron chi connectivity index (χ2n) is 4.40. The molecule has 0 aliphatic rings. The molecule has 0 radical (unpaired) electrons. The summed E-state index contributed by atoms with van der Waals surface area (Å²) < 4.78 is 5.23. The Balaban J connectivity index is 3.22. The number of carbonyl (C=O) groups is 1. The molecular weight excluding hydrogens is 264 g/mol. The van der Waals surface area contributed by atoms with Crippen molar-refractivity contribution in [2.45, 2.75) is 40.5 Å². The van der Waals surface area contributed by atoms with Gasteiger partial charge in [0.15, 0.2) is 5.76 Å². The van der Waals surface area contributed by atoms with Gasteiger partial charge in [-0.3, -0.25) is 0 Å². The number of benzene rings is 1. The highest BCUT2D eigenvalue weighted by Crippen LogP contribution is 2.32. The van der Waals surface area contributed by atoms with Gasteiger partial charge in [-0.25, -0.2) is 4.79 Å². The Morgan fingerprint density at radius 3 is 2.58 bits per heavy atom. The molecule has 0 saturated heterocycles. The van der Waals surface area contributed by atoms with Crippen molar-refractivity contribution >= 4 is 17.6 Å². The Bertz CT molecular complexity index is 519. The second-order valence-corrected chi connectivity index (χ2v) is 4.81. The molecule has 0 aromatic heterocycles. The van der Waals surface area contributed by atoms with Gasteiger partial charge in [0.1, 0.15) is 5.75 Å². The summed E-state index contributed by atoms with van der Waals surface area (Å²) in [6.45, 7) is 7.51. The Kier molecular flexibility index (Phi) is 5.43. The number of aliphatic hydroxyl groups excluding tert-OH is 1. The fourth-order valence-electron chi connectivity index (χ4n) is 1.82. The maximum absolute atomic E-state index is 11.6.